The summed E-state index contributed by atoms with van der Waals surface area (Å²) in [6.45, 7) is 4.05. The quantitative estimate of drug-likeness (QED) is 0.857. The zero-order chi connectivity index (χ0) is 13.8. The molecule has 102 valence electrons. The third-order valence-electron chi connectivity index (χ3n) is 2.64. The molecule has 3 nitrogen and oxygen atoms in total. The molecule has 1 heterocycles. The molecular formula is C12H17F3N2O. The number of anilines is 1. The normalized spacial score (nSPS) is 12.6. The van der Waals surface area contributed by atoms with Crippen molar-refractivity contribution in [2.45, 2.75) is 26.4 Å². The number of pyridine rings is 1. The molecule has 0 bridgehead atoms. The zero-order valence-corrected chi connectivity index (χ0v) is 10.4. The van der Waals surface area contributed by atoms with E-state index in [0.717, 1.165) is 6.07 Å². The monoisotopic (exact) mass is 262 g/mol. The lowest BCUT2D eigenvalue weighted by Crippen LogP contribution is -2.25. The van der Waals surface area contributed by atoms with Crippen LogP contribution in [0, 0.1) is 5.41 Å². The number of hydrogen-bond acceptors (Lipinski definition) is 3. The van der Waals surface area contributed by atoms with Crippen molar-refractivity contribution in [3.8, 4) is 0 Å². The fraction of sp³-hybridized carbons (Fsp3) is 0.583. The molecule has 0 aliphatic heterocycles. The Morgan fingerprint density at radius 3 is 2.56 bits per heavy atom. The van der Waals surface area contributed by atoms with E-state index >= 15 is 0 Å². The van der Waals surface area contributed by atoms with Gasteiger partial charge in [-0.1, -0.05) is 13.8 Å². The summed E-state index contributed by atoms with van der Waals surface area (Å²) in [6.07, 6.45) is -2.59. The highest BCUT2D eigenvalue weighted by molar-refractivity contribution is 5.45. The first kappa shape index (κ1) is 14.8. The third kappa shape index (κ3) is 4.18. The van der Waals surface area contributed by atoms with Gasteiger partial charge in [0.2, 0.25) is 0 Å². The number of aromatic nitrogens is 1. The lowest BCUT2D eigenvalue weighted by molar-refractivity contribution is -0.137. The smallest absolute Gasteiger partial charge is 0.396 e. The van der Waals surface area contributed by atoms with Gasteiger partial charge in [-0.2, -0.15) is 13.2 Å². The maximum Gasteiger partial charge on any atom is 0.419 e. The molecule has 0 saturated heterocycles. The average molecular weight is 262 g/mol. The van der Waals surface area contributed by atoms with Crippen LogP contribution in [0.4, 0.5) is 19.0 Å². The molecule has 0 unspecified atom stereocenters. The summed E-state index contributed by atoms with van der Waals surface area (Å²) in [5, 5.41) is 11.6. The fourth-order valence-corrected chi connectivity index (χ4v) is 1.49. The Bertz CT molecular complexity index is 391. The van der Waals surface area contributed by atoms with Crippen molar-refractivity contribution in [2.75, 3.05) is 18.5 Å². The minimum Gasteiger partial charge on any atom is -0.396 e. The fourth-order valence-electron chi connectivity index (χ4n) is 1.49. The van der Waals surface area contributed by atoms with E-state index in [1.807, 2.05) is 13.8 Å². The van der Waals surface area contributed by atoms with E-state index in [1.165, 1.54) is 12.3 Å². The number of rotatable bonds is 5. The van der Waals surface area contributed by atoms with Crippen LogP contribution in [0.3, 0.4) is 0 Å². The molecule has 0 radical (unpaired) electrons. The minimum atomic E-state index is -4.42. The summed E-state index contributed by atoms with van der Waals surface area (Å²) >= 11 is 0. The second-order valence-electron chi connectivity index (χ2n) is 4.89. The molecular weight excluding hydrogens is 245 g/mol. The molecule has 18 heavy (non-hydrogen) atoms. The molecule has 0 fully saturated rings. The van der Waals surface area contributed by atoms with Gasteiger partial charge in [-0.05, 0) is 24.0 Å². The summed E-state index contributed by atoms with van der Waals surface area (Å²) in [6, 6.07) is 2.25. The summed E-state index contributed by atoms with van der Waals surface area (Å²) in [5.74, 6) is -0.170. The highest BCUT2D eigenvalue weighted by Gasteiger charge is 2.34. The van der Waals surface area contributed by atoms with Crippen molar-refractivity contribution in [2.24, 2.45) is 5.41 Å². The SMILES string of the molecule is CC(C)(CCO)CNc1ncccc1C(F)(F)F. The van der Waals surface area contributed by atoms with E-state index in [2.05, 4.69) is 10.3 Å². The Morgan fingerprint density at radius 2 is 2.00 bits per heavy atom. The molecule has 0 atom stereocenters. The number of nitrogens with zero attached hydrogens (tertiary/aromatic N) is 1. The first-order valence-corrected chi connectivity index (χ1v) is 5.63. The minimum absolute atomic E-state index is 0.00300. The number of nitrogens with one attached hydrogen (secondary N) is 1. The first-order valence-electron chi connectivity index (χ1n) is 5.63. The average Bonchev–Trinajstić information content (AvgIpc) is 2.26. The molecule has 2 N–H and O–H groups in total. The van der Waals surface area contributed by atoms with Gasteiger partial charge >= 0.3 is 6.18 Å². The van der Waals surface area contributed by atoms with Crippen molar-refractivity contribution < 1.29 is 18.3 Å². The Labute approximate surface area is 104 Å². The number of hydrogen-bond donors (Lipinski definition) is 2. The predicted molar refractivity (Wildman–Crippen MR) is 63.2 cm³/mol. The van der Waals surface area contributed by atoms with Gasteiger partial charge in [0.05, 0.1) is 5.56 Å². The van der Waals surface area contributed by atoms with Crippen LogP contribution in [-0.4, -0.2) is 23.2 Å². The van der Waals surface area contributed by atoms with Gasteiger partial charge in [0.25, 0.3) is 0 Å². The van der Waals surface area contributed by atoms with Crippen LogP contribution in [0.2, 0.25) is 0 Å². The topological polar surface area (TPSA) is 45.1 Å². The number of aliphatic hydroxyl groups excluding tert-OH is 1. The van der Waals surface area contributed by atoms with Crippen LogP contribution in [-0.2, 0) is 6.18 Å². The molecule has 0 amide bonds. The largest absolute Gasteiger partial charge is 0.419 e. The standard InChI is InChI=1S/C12H17F3N2O/c1-11(2,5-7-18)8-17-10-9(12(13,14)15)4-3-6-16-10/h3-4,6,18H,5,7-8H2,1-2H3,(H,16,17). The van der Waals surface area contributed by atoms with Gasteiger partial charge < -0.3 is 10.4 Å². The van der Waals surface area contributed by atoms with Crippen LogP contribution >= 0.6 is 0 Å². The second-order valence-corrected chi connectivity index (χ2v) is 4.89. The highest BCUT2D eigenvalue weighted by Crippen LogP contribution is 2.34. The Morgan fingerprint density at radius 1 is 1.33 bits per heavy atom. The molecule has 0 saturated carbocycles. The molecule has 1 aromatic heterocycles. The Kier molecular flexibility index (Phi) is 4.56. The van der Waals surface area contributed by atoms with E-state index in [-0.39, 0.29) is 17.8 Å². The van der Waals surface area contributed by atoms with E-state index in [0.29, 0.717) is 13.0 Å². The number of aliphatic hydroxyl groups is 1. The molecule has 0 aliphatic carbocycles. The van der Waals surface area contributed by atoms with Crippen LogP contribution in [0.5, 0.6) is 0 Å². The number of alkyl halides is 3. The molecule has 0 aliphatic rings. The molecule has 1 aromatic rings. The van der Waals surface area contributed by atoms with Crippen LogP contribution in [0.1, 0.15) is 25.8 Å². The van der Waals surface area contributed by atoms with E-state index in [4.69, 9.17) is 5.11 Å². The van der Waals surface area contributed by atoms with Crippen molar-refractivity contribution in [3.05, 3.63) is 23.9 Å². The van der Waals surface area contributed by atoms with Gasteiger partial charge in [0.1, 0.15) is 5.82 Å². The van der Waals surface area contributed by atoms with Crippen LogP contribution in [0.25, 0.3) is 0 Å². The molecule has 0 aromatic carbocycles. The second kappa shape index (κ2) is 5.56. The lowest BCUT2D eigenvalue weighted by Gasteiger charge is -2.25. The van der Waals surface area contributed by atoms with Gasteiger partial charge in [-0.3, -0.25) is 0 Å². The Hall–Kier alpha value is -1.30. The van der Waals surface area contributed by atoms with Crippen molar-refractivity contribution in [3.63, 3.8) is 0 Å². The van der Waals surface area contributed by atoms with Crippen molar-refractivity contribution >= 4 is 5.82 Å². The van der Waals surface area contributed by atoms with Crippen LogP contribution < -0.4 is 5.32 Å². The predicted octanol–water partition coefficient (Wildman–Crippen LogP) is 2.92. The maximum absolute atomic E-state index is 12.7. The van der Waals surface area contributed by atoms with Gasteiger partial charge in [-0.15, -0.1) is 0 Å². The van der Waals surface area contributed by atoms with Crippen LogP contribution in [0.15, 0.2) is 18.3 Å². The van der Waals surface area contributed by atoms with Crippen molar-refractivity contribution in [1.82, 2.24) is 4.98 Å². The van der Waals surface area contributed by atoms with Crippen molar-refractivity contribution in [1.29, 1.82) is 0 Å². The highest BCUT2D eigenvalue weighted by atomic mass is 19.4. The molecule has 6 heteroatoms. The maximum atomic E-state index is 12.7. The molecule has 0 spiro atoms. The lowest BCUT2D eigenvalue weighted by atomic mass is 9.90. The number of halogens is 3. The molecule has 1 rings (SSSR count). The first-order chi connectivity index (χ1) is 8.26. The van der Waals surface area contributed by atoms with E-state index in [1.54, 1.807) is 0 Å². The van der Waals surface area contributed by atoms with Gasteiger partial charge in [-0.25, -0.2) is 4.98 Å². The summed E-state index contributed by atoms with van der Waals surface area (Å²) in [5.41, 5.74) is -1.07. The summed E-state index contributed by atoms with van der Waals surface area (Å²) in [4.78, 5) is 3.71. The Balaban J connectivity index is 2.80. The third-order valence-corrected chi connectivity index (χ3v) is 2.64. The zero-order valence-electron chi connectivity index (χ0n) is 10.4. The van der Waals surface area contributed by atoms with Gasteiger partial charge in [0, 0.05) is 19.3 Å². The summed E-state index contributed by atoms with van der Waals surface area (Å²) in [7, 11) is 0. The van der Waals surface area contributed by atoms with E-state index < -0.39 is 11.7 Å². The summed E-state index contributed by atoms with van der Waals surface area (Å²) < 4.78 is 38.1. The van der Waals surface area contributed by atoms with E-state index in [9.17, 15) is 13.2 Å². The van der Waals surface area contributed by atoms with Gasteiger partial charge in [0.15, 0.2) is 0 Å².